The van der Waals surface area contributed by atoms with Gasteiger partial charge in [-0.25, -0.2) is 0 Å². The first-order valence-electron chi connectivity index (χ1n) is 5.36. The van der Waals surface area contributed by atoms with Gasteiger partial charge in [-0.3, -0.25) is 4.79 Å². The van der Waals surface area contributed by atoms with E-state index in [4.69, 9.17) is 9.47 Å². The summed E-state index contributed by atoms with van der Waals surface area (Å²) in [5, 5.41) is 0. The highest BCUT2D eigenvalue weighted by atomic mass is 16.6. The summed E-state index contributed by atoms with van der Waals surface area (Å²) >= 11 is 0. The molecule has 1 rings (SSSR count). The second kappa shape index (κ2) is 6.28. The van der Waals surface area contributed by atoms with Gasteiger partial charge in [-0.1, -0.05) is 29.3 Å². The zero-order valence-electron chi connectivity index (χ0n) is 10.1. The molecule has 0 aromatic heterocycles. The van der Waals surface area contributed by atoms with Crippen LogP contribution in [0.15, 0.2) is 18.2 Å². The van der Waals surface area contributed by atoms with Crippen molar-refractivity contribution in [2.24, 2.45) is 0 Å². The third-order valence-electron chi connectivity index (χ3n) is 2.08. The Morgan fingerprint density at radius 1 is 1.12 bits per heavy atom. The van der Waals surface area contributed by atoms with E-state index in [1.807, 2.05) is 0 Å². The van der Waals surface area contributed by atoms with Gasteiger partial charge in [0.2, 0.25) is 0 Å². The Morgan fingerprint density at radius 2 is 1.75 bits per heavy atom. The number of carbonyl (C=O) groups excluding carboxylic acids is 1. The molecular formula is C13H18O3. The van der Waals surface area contributed by atoms with Crippen LogP contribution in [0.1, 0.15) is 23.6 Å². The van der Waals surface area contributed by atoms with Gasteiger partial charge in [0.05, 0.1) is 13.2 Å². The van der Waals surface area contributed by atoms with Crippen molar-refractivity contribution in [2.75, 3.05) is 13.2 Å². The number of ether oxygens (including phenoxy) is 2. The van der Waals surface area contributed by atoms with Crippen molar-refractivity contribution in [1.82, 2.24) is 0 Å². The van der Waals surface area contributed by atoms with E-state index in [-0.39, 0.29) is 5.97 Å². The molecule has 0 unspecified atom stereocenters. The highest BCUT2D eigenvalue weighted by Crippen LogP contribution is 2.09. The van der Waals surface area contributed by atoms with Gasteiger partial charge in [-0.05, 0) is 19.4 Å². The van der Waals surface area contributed by atoms with Crippen molar-refractivity contribution in [3.8, 4) is 0 Å². The van der Waals surface area contributed by atoms with Crippen LogP contribution < -0.4 is 0 Å². The first kappa shape index (κ1) is 12.7. The molecule has 0 amide bonds. The van der Waals surface area contributed by atoms with Gasteiger partial charge in [0.1, 0.15) is 6.61 Å². The molecule has 3 heteroatoms. The lowest BCUT2D eigenvalue weighted by molar-refractivity contribution is -0.142. The van der Waals surface area contributed by atoms with Crippen LogP contribution in [0.2, 0.25) is 0 Å². The van der Waals surface area contributed by atoms with E-state index >= 15 is 0 Å². The van der Waals surface area contributed by atoms with E-state index in [1.54, 1.807) is 0 Å². The molecule has 0 atom stereocenters. The van der Waals surface area contributed by atoms with Crippen molar-refractivity contribution in [1.29, 1.82) is 0 Å². The molecule has 0 radical (unpaired) electrons. The number of carbonyl (C=O) groups is 1. The van der Waals surface area contributed by atoms with Crippen LogP contribution in [0.5, 0.6) is 0 Å². The van der Waals surface area contributed by atoms with E-state index in [9.17, 15) is 4.79 Å². The number of hydrogen-bond donors (Lipinski definition) is 0. The van der Waals surface area contributed by atoms with Gasteiger partial charge in [-0.15, -0.1) is 0 Å². The third kappa shape index (κ3) is 4.94. The summed E-state index contributed by atoms with van der Waals surface area (Å²) in [6, 6.07) is 6.32. The number of esters is 1. The van der Waals surface area contributed by atoms with Crippen molar-refractivity contribution in [2.45, 2.75) is 27.4 Å². The molecule has 0 N–H and O–H groups in total. The van der Waals surface area contributed by atoms with E-state index in [1.165, 1.54) is 18.1 Å². The minimum atomic E-state index is -0.269. The lowest BCUT2D eigenvalue weighted by Gasteiger charge is -2.06. The zero-order valence-corrected chi connectivity index (χ0v) is 10.1. The third-order valence-corrected chi connectivity index (χ3v) is 2.08. The van der Waals surface area contributed by atoms with Crippen LogP contribution in [-0.4, -0.2) is 19.2 Å². The Balaban J connectivity index is 2.29. The zero-order chi connectivity index (χ0) is 12.0. The van der Waals surface area contributed by atoms with Crippen LogP contribution in [-0.2, 0) is 20.9 Å². The fourth-order valence-electron chi connectivity index (χ4n) is 1.59. The Bertz CT molecular complexity index is 338. The maximum absolute atomic E-state index is 10.5. The quantitative estimate of drug-likeness (QED) is 0.567. The van der Waals surface area contributed by atoms with E-state index in [0.717, 1.165) is 5.56 Å². The average molecular weight is 222 g/mol. The lowest BCUT2D eigenvalue weighted by Crippen LogP contribution is -2.07. The van der Waals surface area contributed by atoms with Gasteiger partial charge >= 0.3 is 5.97 Å². The molecule has 0 fully saturated rings. The molecule has 1 aromatic carbocycles. The van der Waals surface area contributed by atoms with Gasteiger partial charge in [-0.2, -0.15) is 0 Å². The van der Waals surface area contributed by atoms with Crippen molar-refractivity contribution < 1.29 is 14.3 Å². The Labute approximate surface area is 96.4 Å². The summed E-state index contributed by atoms with van der Waals surface area (Å²) in [6.07, 6.45) is 0. The summed E-state index contributed by atoms with van der Waals surface area (Å²) in [4.78, 5) is 10.5. The minimum Gasteiger partial charge on any atom is -0.463 e. The molecule has 0 bridgehead atoms. The molecule has 0 aliphatic heterocycles. The summed E-state index contributed by atoms with van der Waals surface area (Å²) in [6.45, 7) is 6.84. The van der Waals surface area contributed by atoms with Gasteiger partial charge in [0.15, 0.2) is 0 Å². The van der Waals surface area contributed by atoms with Crippen LogP contribution in [0.4, 0.5) is 0 Å². The van der Waals surface area contributed by atoms with Crippen molar-refractivity contribution in [3.05, 3.63) is 34.9 Å². The first-order valence-corrected chi connectivity index (χ1v) is 5.36. The number of hydrogen-bond acceptors (Lipinski definition) is 3. The highest BCUT2D eigenvalue weighted by molar-refractivity contribution is 5.65. The van der Waals surface area contributed by atoms with Crippen LogP contribution in [0.25, 0.3) is 0 Å². The Kier molecular flexibility index (Phi) is 4.99. The van der Waals surface area contributed by atoms with Crippen molar-refractivity contribution in [3.63, 3.8) is 0 Å². The fraction of sp³-hybridized carbons (Fsp3) is 0.462. The fourth-order valence-corrected chi connectivity index (χ4v) is 1.59. The Hall–Kier alpha value is -1.35. The maximum Gasteiger partial charge on any atom is 0.302 e. The summed E-state index contributed by atoms with van der Waals surface area (Å²) in [7, 11) is 0. The molecule has 88 valence electrons. The minimum absolute atomic E-state index is 0.269. The molecule has 0 heterocycles. The van der Waals surface area contributed by atoms with Gasteiger partial charge < -0.3 is 9.47 Å². The average Bonchev–Trinajstić information content (AvgIpc) is 2.15. The normalized spacial score (nSPS) is 10.2. The van der Waals surface area contributed by atoms with Crippen LogP contribution in [0, 0.1) is 13.8 Å². The highest BCUT2D eigenvalue weighted by Gasteiger charge is 1.97. The summed E-state index contributed by atoms with van der Waals surface area (Å²) < 4.78 is 10.2. The molecular weight excluding hydrogens is 204 g/mol. The van der Waals surface area contributed by atoms with E-state index in [2.05, 4.69) is 32.0 Å². The molecule has 16 heavy (non-hydrogen) atoms. The molecule has 1 aromatic rings. The van der Waals surface area contributed by atoms with Crippen molar-refractivity contribution >= 4 is 5.97 Å². The smallest absolute Gasteiger partial charge is 0.302 e. The molecule has 0 spiro atoms. The summed E-state index contributed by atoms with van der Waals surface area (Å²) in [5.41, 5.74) is 3.62. The van der Waals surface area contributed by atoms with Gasteiger partial charge in [0, 0.05) is 6.92 Å². The second-order valence-corrected chi connectivity index (χ2v) is 3.89. The second-order valence-electron chi connectivity index (χ2n) is 3.89. The van der Waals surface area contributed by atoms with E-state index < -0.39 is 0 Å². The topological polar surface area (TPSA) is 35.5 Å². The molecule has 0 saturated heterocycles. The Morgan fingerprint density at radius 3 is 2.31 bits per heavy atom. The van der Waals surface area contributed by atoms with Crippen LogP contribution in [0.3, 0.4) is 0 Å². The molecule has 0 aliphatic rings. The largest absolute Gasteiger partial charge is 0.463 e. The van der Waals surface area contributed by atoms with E-state index in [0.29, 0.717) is 19.8 Å². The lowest BCUT2D eigenvalue weighted by atomic mass is 10.1. The molecule has 0 saturated carbocycles. The van der Waals surface area contributed by atoms with Gasteiger partial charge in [0.25, 0.3) is 0 Å². The number of aryl methyl sites for hydroxylation is 2. The molecule has 0 aliphatic carbocycles. The predicted molar refractivity (Wildman–Crippen MR) is 62.2 cm³/mol. The molecule has 3 nitrogen and oxygen atoms in total. The predicted octanol–water partition coefficient (Wildman–Crippen LogP) is 2.38. The monoisotopic (exact) mass is 222 g/mol. The number of benzene rings is 1. The van der Waals surface area contributed by atoms with Crippen LogP contribution >= 0.6 is 0 Å². The SMILES string of the molecule is CC(=O)OCCOCc1cc(C)cc(C)c1. The maximum atomic E-state index is 10.5. The first-order chi connectivity index (χ1) is 7.58. The summed E-state index contributed by atoms with van der Waals surface area (Å²) in [5.74, 6) is -0.269. The number of rotatable bonds is 5. The standard InChI is InChI=1S/C13H18O3/c1-10-6-11(2)8-13(7-10)9-15-4-5-16-12(3)14/h6-8H,4-5,9H2,1-3H3.